The van der Waals surface area contributed by atoms with Crippen LogP contribution >= 0.6 is 22.6 Å². The Hall–Kier alpha value is -0.853. The lowest BCUT2D eigenvalue weighted by atomic mass is 10.1. The van der Waals surface area contributed by atoms with E-state index >= 15 is 0 Å². The molecule has 140 valence electrons. The van der Waals surface area contributed by atoms with Crippen molar-refractivity contribution in [1.29, 1.82) is 0 Å². The summed E-state index contributed by atoms with van der Waals surface area (Å²) < 4.78 is 13.7. The number of ether oxygens (including phenoxy) is 1. The molecular weight excluding hydrogens is 457 g/mol. The van der Waals surface area contributed by atoms with Gasteiger partial charge in [-0.25, -0.2) is 4.79 Å². The van der Waals surface area contributed by atoms with Crippen molar-refractivity contribution in [2.45, 2.75) is 63.7 Å². The first-order valence-electron chi connectivity index (χ1n) is 8.09. The van der Waals surface area contributed by atoms with Crippen LogP contribution in [-0.4, -0.2) is 36.6 Å². The molecule has 8 nitrogen and oxygen atoms in total. The summed E-state index contributed by atoms with van der Waals surface area (Å²) >= 11 is 1.85. The first-order chi connectivity index (χ1) is 11.5. The molecule has 2 rings (SSSR count). The fraction of sp³-hybridized carbons (Fsp3) is 0.733. The van der Waals surface area contributed by atoms with Gasteiger partial charge in [0, 0.05) is 12.6 Å². The maximum Gasteiger partial charge on any atom is 0.330 e. The van der Waals surface area contributed by atoms with Crippen molar-refractivity contribution >= 4 is 30.9 Å². The summed E-state index contributed by atoms with van der Waals surface area (Å²) in [5.74, 6) is 0. The van der Waals surface area contributed by atoms with Gasteiger partial charge in [0.15, 0.2) is 8.32 Å². The molecule has 1 N–H and O–H groups in total. The fourth-order valence-electron chi connectivity index (χ4n) is 2.33. The smallest absolute Gasteiger partial charge is 0.330 e. The van der Waals surface area contributed by atoms with Crippen molar-refractivity contribution in [2.75, 3.05) is 6.61 Å². The zero-order valence-corrected chi connectivity index (χ0v) is 18.2. The number of aromatic amines is 1. The van der Waals surface area contributed by atoms with Crippen LogP contribution in [0.2, 0.25) is 18.1 Å². The largest absolute Gasteiger partial charge is 0.414 e. The third kappa shape index (κ3) is 4.47. The van der Waals surface area contributed by atoms with Crippen LogP contribution in [-0.2, 0) is 9.16 Å². The van der Waals surface area contributed by atoms with E-state index in [1.807, 2.05) is 22.6 Å². The normalized spacial score (nSPS) is 24.5. The highest BCUT2D eigenvalue weighted by Gasteiger charge is 2.42. The third-order valence-corrected chi connectivity index (χ3v) is 10.3. The number of hydrogen-bond acceptors (Lipinski definition) is 6. The van der Waals surface area contributed by atoms with Gasteiger partial charge in [0.05, 0.1) is 10.2 Å². The van der Waals surface area contributed by atoms with Crippen molar-refractivity contribution in [3.8, 4) is 0 Å². The van der Waals surface area contributed by atoms with Crippen molar-refractivity contribution in [2.24, 2.45) is 5.18 Å². The zero-order valence-electron chi connectivity index (χ0n) is 15.0. The van der Waals surface area contributed by atoms with E-state index in [2.05, 4.69) is 44.0 Å². The SMILES string of the molecule is CC(C)(C)[Si](C)(C)OCC1OC(n2cc(I)c(=O)[nH]c2=O)CC1N=O. The van der Waals surface area contributed by atoms with Crippen molar-refractivity contribution in [3.63, 3.8) is 0 Å². The lowest BCUT2D eigenvalue weighted by Crippen LogP contribution is -2.43. The molecular formula is C15H24IN3O5Si. The number of aromatic nitrogens is 2. The quantitative estimate of drug-likeness (QED) is 0.396. The number of halogens is 1. The minimum atomic E-state index is -1.98. The van der Waals surface area contributed by atoms with Gasteiger partial charge in [-0.1, -0.05) is 25.9 Å². The van der Waals surface area contributed by atoms with Gasteiger partial charge in [0.25, 0.3) is 5.56 Å². The van der Waals surface area contributed by atoms with Gasteiger partial charge in [0.2, 0.25) is 0 Å². The van der Waals surface area contributed by atoms with E-state index in [1.165, 1.54) is 10.8 Å². The zero-order chi connectivity index (χ0) is 19.0. The van der Waals surface area contributed by atoms with E-state index in [9.17, 15) is 14.5 Å². The minimum Gasteiger partial charge on any atom is -0.414 e. The Morgan fingerprint density at radius 2 is 2.08 bits per heavy atom. The molecule has 1 aromatic heterocycles. The summed E-state index contributed by atoms with van der Waals surface area (Å²) in [6, 6.07) is -0.591. The van der Waals surface area contributed by atoms with E-state index in [1.54, 1.807) is 0 Å². The van der Waals surface area contributed by atoms with E-state index in [4.69, 9.17) is 9.16 Å². The summed E-state index contributed by atoms with van der Waals surface area (Å²) in [5, 5.41) is 3.19. The molecule has 0 bridgehead atoms. The van der Waals surface area contributed by atoms with Gasteiger partial charge in [-0.2, -0.15) is 4.91 Å². The summed E-state index contributed by atoms with van der Waals surface area (Å²) in [5.41, 5.74) is -1.01. The average molecular weight is 481 g/mol. The van der Waals surface area contributed by atoms with Crippen LogP contribution < -0.4 is 11.2 Å². The molecule has 3 atom stereocenters. The van der Waals surface area contributed by atoms with Crippen LogP contribution in [0.1, 0.15) is 33.4 Å². The Morgan fingerprint density at radius 1 is 1.44 bits per heavy atom. The fourth-order valence-corrected chi connectivity index (χ4v) is 3.78. The molecule has 0 radical (unpaired) electrons. The highest BCUT2D eigenvalue weighted by Crippen LogP contribution is 2.38. The van der Waals surface area contributed by atoms with Gasteiger partial charge in [0.1, 0.15) is 18.4 Å². The standard InChI is InChI=1S/C15H24IN3O5Si/c1-15(2,3)25(4,5)23-8-11-10(18-22)6-12(24-11)19-7-9(16)13(20)17-14(19)21/h7,10-12H,6,8H2,1-5H3,(H,17,20,21). The molecule has 1 aliphatic heterocycles. The maximum absolute atomic E-state index is 12.0. The molecule has 2 heterocycles. The summed E-state index contributed by atoms with van der Waals surface area (Å²) in [4.78, 5) is 37.0. The molecule has 0 aromatic carbocycles. The first-order valence-corrected chi connectivity index (χ1v) is 12.1. The van der Waals surface area contributed by atoms with E-state index < -0.39 is 37.9 Å². The molecule has 0 spiro atoms. The molecule has 0 saturated carbocycles. The highest BCUT2D eigenvalue weighted by atomic mass is 127. The molecule has 0 aliphatic carbocycles. The summed E-state index contributed by atoms with van der Waals surface area (Å²) in [6.07, 6.45) is 0.560. The number of rotatable bonds is 5. The van der Waals surface area contributed by atoms with Crippen LogP contribution in [0.15, 0.2) is 21.0 Å². The van der Waals surface area contributed by atoms with Crippen LogP contribution in [0.25, 0.3) is 0 Å². The second-order valence-electron chi connectivity index (χ2n) is 7.75. The van der Waals surface area contributed by atoms with Crippen LogP contribution in [0.5, 0.6) is 0 Å². The Labute approximate surface area is 160 Å². The number of nitroso groups, excluding NO2 is 1. The van der Waals surface area contributed by atoms with Crippen molar-refractivity contribution < 1.29 is 9.16 Å². The summed E-state index contributed by atoms with van der Waals surface area (Å²) in [6.45, 7) is 10.9. The van der Waals surface area contributed by atoms with Crippen molar-refractivity contribution in [3.05, 3.63) is 35.5 Å². The second-order valence-corrected chi connectivity index (χ2v) is 13.7. The molecule has 3 unspecified atom stereocenters. The molecule has 1 aromatic rings. The van der Waals surface area contributed by atoms with Gasteiger partial charge >= 0.3 is 5.69 Å². The Kier molecular flexibility index (Phi) is 6.06. The molecule has 0 amide bonds. The van der Waals surface area contributed by atoms with Gasteiger partial charge < -0.3 is 9.16 Å². The molecule has 1 aliphatic rings. The number of H-pyrrole nitrogens is 1. The average Bonchev–Trinajstić information content (AvgIpc) is 2.91. The maximum atomic E-state index is 12.0. The predicted octanol–water partition coefficient (Wildman–Crippen LogP) is 2.59. The number of nitrogens with zero attached hydrogens (tertiary/aromatic N) is 2. The van der Waals surface area contributed by atoms with Gasteiger partial charge in [-0.15, -0.1) is 0 Å². The van der Waals surface area contributed by atoms with Gasteiger partial charge in [-0.05, 0) is 40.7 Å². The van der Waals surface area contributed by atoms with E-state index in [-0.39, 0.29) is 18.1 Å². The Balaban J connectivity index is 2.16. The predicted molar refractivity (Wildman–Crippen MR) is 105 cm³/mol. The molecule has 1 saturated heterocycles. The second kappa shape index (κ2) is 7.41. The lowest BCUT2D eigenvalue weighted by molar-refractivity contribution is -0.0247. The Morgan fingerprint density at radius 3 is 2.64 bits per heavy atom. The molecule has 1 fully saturated rings. The van der Waals surface area contributed by atoms with E-state index in [0.29, 0.717) is 3.57 Å². The van der Waals surface area contributed by atoms with Crippen LogP contribution in [0.4, 0.5) is 0 Å². The van der Waals surface area contributed by atoms with Crippen molar-refractivity contribution in [1.82, 2.24) is 9.55 Å². The third-order valence-electron chi connectivity index (χ3n) is 4.99. The monoisotopic (exact) mass is 481 g/mol. The highest BCUT2D eigenvalue weighted by molar-refractivity contribution is 14.1. The Bertz CT molecular complexity index is 755. The molecule has 25 heavy (non-hydrogen) atoms. The van der Waals surface area contributed by atoms with Gasteiger partial charge in [-0.3, -0.25) is 14.3 Å². The topological polar surface area (TPSA) is 103 Å². The van der Waals surface area contributed by atoms with Crippen LogP contribution in [0.3, 0.4) is 0 Å². The number of nitrogens with one attached hydrogen (secondary N) is 1. The minimum absolute atomic E-state index is 0.0427. The van der Waals surface area contributed by atoms with E-state index in [0.717, 1.165) is 0 Å². The molecule has 10 heteroatoms. The summed E-state index contributed by atoms with van der Waals surface area (Å²) in [7, 11) is -1.98. The lowest BCUT2D eigenvalue weighted by Gasteiger charge is -2.37. The first kappa shape index (κ1) is 20.5. The van der Waals surface area contributed by atoms with Crippen LogP contribution in [0, 0.1) is 8.48 Å². The number of hydrogen-bond donors (Lipinski definition) is 1.